The van der Waals surface area contributed by atoms with E-state index in [-0.39, 0.29) is 11.3 Å². The van der Waals surface area contributed by atoms with E-state index in [2.05, 4.69) is 4.98 Å². The number of para-hydroxylation sites is 1. The summed E-state index contributed by atoms with van der Waals surface area (Å²) >= 11 is 0. The third kappa shape index (κ3) is 3.24. The van der Waals surface area contributed by atoms with E-state index in [0.29, 0.717) is 23.6 Å². The number of nitrogens with zero attached hydrogens (tertiary/aromatic N) is 2. The summed E-state index contributed by atoms with van der Waals surface area (Å²) in [6, 6.07) is 17.2. The van der Waals surface area contributed by atoms with E-state index < -0.39 is 17.7 Å². The molecule has 1 atom stereocenters. The number of pyridine rings is 1. The number of aliphatic hydroxyl groups excluding tert-OH is 1. The van der Waals surface area contributed by atoms with Crippen LogP contribution in [-0.2, 0) is 16.0 Å². The largest absolute Gasteiger partial charge is 0.507 e. The second-order valence-electron chi connectivity index (χ2n) is 7.98. The van der Waals surface area contributed by atoms with Gasteiger partial charge in [0.25, 0.3) is 11.7 Å². The first-order valence-electron chi connectivity index (χ1n) is 10.6. The molecule has 0 spiro atoms. The van der Waals surface area contributed by atoms with Gasteiger partial charge in [0.15, 0.2) is 0 Å². The van der Waals surface area contributed by atoms with Crippen molar-refractivity contribution in [1.82, 2.24) is 4.98 Å². The molecule has 2 aliphatic rings. The molecule has 1 amide bonds. The Morgan fingerprint density at radius 3 is 2.69 bits per heavy atom. The summed E-state index contributed by atoms with van der Waals surface area (Å²) in [7, 11) is 0. The molecule has 0 bridgehead atoms. The van der Waals surface area contributed by atoms with Crippen LogP contribution in [0.2, 0.25) is 0 Å². The van der Waals surface area contributed by atoms with Gasteiger partial charge in [-0.3, -0.25) is 19.5 Å². The van der Waals surface area contributed by atoms with Crippen molar-refractivity contribution in [2.75, 3.05) is 11.5 Å². The van der Waals surface area contributed by atoms with Crippen molar-refractivity contribution in [3.05, 3.63) is 94.8 Å². The number of Topliss-reactive ketones (excluding diaryl/α,β-unsaturated/α-hetero) is 1. The van der Waals surface area contributed by atoms with Crippen molar-refractivity contribution >= 4 is 23.1 Å². The second-order valence-corrected chi connectivity index (χ2v) is 7.98. The Morgan fingerprint density at radius 2 is 1.91 bits per heavy atom. The molecule has 0 saturated carbocycles. The normalized spacial score (nSPS) is 19.5. The lowest BCUT2D eigenvalue weighted by Crippen LogP contribution is -2.30. The fourth-order valence-electron chi connectivity index (χ4n) is 4.40. The molecule has 5 rings (SSSR count). The van der Waals surface area contributed by atoms with Crippen molar-refractivity contribution < 1.29 is 19.4 Å². The number of ether oxygens (including phenoxy) is 1. The van der Waals surface area contributed by atoms with Crippen LogP contribution in [0, 0.1) is 6.92 Å². The van der Waals surface area contributed by atoms with Crippen LogP contribution in [-0.4, -0.2) is 28.4 Å². The van der Waals surface area contributed by atoms with Gasteiger partial charge in [-0.25, -0.2) is 0 Å². The molecule has 6 nitrogen and oxygen atoms in total. The Balaban J connectivity index is 1.70. The number of aliphatic hydroxyl groups is 1. The Kier molecular flexibility index (Phi) is 4.98. The molecule has 1 unspecified atom stereocenters. The summed E-state index contributed by atoms with van der Waals surface area (Å²) in [5.41, 5.74) is 3.47. The zero-order chi connectivity index (χ0) is 22.2. The highest BCUT2D eigenvalue weighted by molar-refractivity contribution is 6.51. The van der Waals surface area contributed by atoms with Gasteiger partial charge >= 0.3 is 0 Å². The first kappa shape index (κ1) is 20.0. The van der Waals surface area contributed by atoms with E-state index in [0.717, 1.165) is 29.7 Å². The van der Waals surface area contributed by atoms with Gasteiger partial charge in [-0.05, 0) is 67.3 Å². The first-order chi connectivity index (χ1) is 15.6. The number of benzene rings is 2. The molecule has 1 fully saturated rings. The number of carbonyl (C=O) groups excluding carboxylic acids is 2. The van der Waals surface area contributed by atoms with Crippen LogP contribution in [0.15, 0.2) is 72.4 Å². The van der Waals surface area contributed by atoms with Gasteiger partial charge in [0.05, 0.1) is 17.9 Å². The average molecular weight is 426 g/mol. The SMILES string of the molecule is Cc1ccccc1N1C(=O)C(=O)/C(=C(\O)c2ccc3c(c2)CCCO3)C1c1ccccn1. The highest BCUT2D eigenvalue weighted by atomic mass is 16.5. The topological polar surface area (TPSA) is 79.7 Å². The van der Waals surface area contributed by atoms with E-state index in [4.69, 9.17) is 4.74 Å². The number of rotatable bonds is 3. The van der Waals surface area contributed by atoms with Crippen molar-refractivity contribution in [1.29, 1.82) is 0 Å². The van der Waals surface area contributed by atoms with E-state index in [9.17, 15) is 14.7 Å². The summed E-state index contributed by atoms with van der Waals surface area (Å²) in [5.74, 6) is -0.828. The number of ketones is 1. The third-order valence-corrected chi connectivity index (χ3v) is 5.97. The standard InChI is InChI=1S/C26H22N2O4/c1-16-7-2-3-10-20(16)28-23(19-9-4-5-13-27-19)22(25(30)26(28)31)24(29)18-11-12-21-17(15-18)8-6-14-32-21/h2-5,7,9-13,15,23,29H,6,8,14H2,1H3/b24-22-. The smallest absolute Gasteiger partial charge is 0.300 e. The highest BCUT2D eigenvalue weighted by Gasteiger charge is 2.48. The van der Waals surface area contributed by atoms with Crippen LogP contribution in [0.4, 0.5) is 5.69 Å². The summed E-state index contributed by atoms with van der Waals surface area (Å²) in [6.07, 6.45) is 3.34. The number of hydrogen-bond acceptors (Lipinski definition) is 5. The number of hydrogen-bond donors (Lipinski definition) is 1. The van der Waals surface area contributed by atoms with Crippen LogP contribution < -0.4 is 9.64 Å². The molecule has 32 heavy (non-hydrogen) atoms. The van der Waals surface area contributed by atoms with Gasteiger partial charge in [0, 0.05) is 17.4 Å². The van der Waals surface area contributed by atoms with Gasteiger partial charge in [-0.1, -0.05) is 24.3 Å². The number of aromatic nitrogens is 1. The summed E-state index contributed by atoms with van der Waals surface area (Å²) < 4.78 is 5.66. The number of fused-ring (bicyclic) bond motifs is 1. The number of amides is 1. The van der Waals surface area contributed by atoms with Crippen molar-refractivity contribution in [3.63, 3.8) is 0 Å². The van der Waals surface area contributed by atoms with Crippen LogP contribution in [0.3, 0.4) is 0 Å². The second kappa shape index (κ2) is 7.96. The maximum atomic E-state index is 13.2. The monoisotopic (exact) mass is 426 g/mol. The van der Waals surface area contributed by atoms with E-state index in [1.807, 2.05) is 31.2 Å². The van der Waals surface area contributed by atoms with Crippen LogP contribution in [0.1, 0.15) is 34.8 Å². The Morgan fingerprint density at radius 1 is 1.09 bits per heavy atom. The molecule has 1 aromatic heterocycles. The molecule has 2 aliphatic heterocycles. The minimum atomic E-state index is -0.829. The third-order valence-electron chi connectivity index (χ3n) is 5.97. The summed E-state index contributed by atoms with van der Waals surface area (Å²) in [5, 5.41) is 11.3. The summed E-state index contributed by atoms with van der Waals surface area (Å²) in [4.78, 5) is 32.3. The average Bonchev–Trinajstić information content (AvgIpc) is 3.09. The molecule has 6 heteroatoms. The van der Waals surface area contributed by atoms with Crippen molar-refractivity contribution in [2.45, 2.75) is 25.8 Å². The van der Waals surface area contributed by atoms with E-state index in [1.54, 1.807) is 42.6 Å². The maximum Gasteiger partial charge on any atom is 0.300 e. The number of aryl methyl sites for hydroxylation is 2. The zero-order valence-corrected chi connectivity index (χ0v) is 17.6. The molecule has 2 aromatic carbocycles. The Hall–Kier alpha value is -3.93. The molecule has 0 radical (unpaired) electrons. The molecule has 1 saturated heterocycles. The number of anilines is 1. The van der Waals surface area contributed by atoms with Crippen LogP contribution in [0.25, 0.3) is 5.76 Å². The van der Waals surface area contributed by atoms with Gasteiger partial charge in [0.1, 0.15) is 17.6 Å². The van der Waals surface area contributed by atoms with Gasteiger partial charge in [-0.2, -0.15) is 0 Å². The van der Waals surface area contributed by atoms with Gasteiger partial charge in [0.2, 0.25) is 0 Å². The van der Waals surface area contributed by atoms with Crippen molar-refractivity contribution in [2.24, 2.45) is 0 Å². The fraction of sp³-hybridized carbons (Fsp3) is 0.192. The van der Waals surface area contributed by atoms with Crippen LogP contribution >= 0.6 is 0 Å². The Bertz CT molecular complexity index is 1250. The fourth-order valence-corrected chi connectivity index (χ4v) is 4.40. The van der Waals surface area contributed by atoms with E-state index >= 15 is 0 Å². The quantitative estimate of drug-likeness (QED) is 0.383. The maximum absolute atomic E-state index is 13.2. The lowest BCUT2D eigenvalue weighted by molar-refractivity contribution is -0.132. The molecule has 3 aromatic rings. The lowest BCUT2D eigenvalue weighted by atomic mass is 9.96. The molecule has 3 heterocycles. The van der Waals surface area contributed by atoms with Gasteiger partial charge in [-0.15, -0.1) is 0 Å². The highest BCUT2D eigenvalue weighted by Crippen LogP contribution is 2.42. The molecule has 1 N–H and O–H groups in total. The number of carbonyl (C=O) groups is 2. The van der Waals surface area contributed by atoms with Gasteiger partial charge < -0.3 is 9.84 Å². The first-order valence-corrected chi connectivity index (χ1v) is 10.6. The predicted octanol–water partition coefficient (Wildman–Crippen LogP) is 4.34. The lowest BCUT2D eigenvalue weighted by Gasteiger charge is -2.26. The minimum Gasteiger partial charge on any atom is -0.507 e. The Labute approximate surface area is 185 Å². The van der Waals surface area contributed by atoms with Crippen LogP contribution in [0.5, 0.6) is 5.75 Å². The minimum absolute atomic E-state index is 0.0358. The zero-order valence-electron chi connectivity index (χ0n) is 17.6. The molecule has 160 valence electrons. The molecular formula is C26H22N2O4. The van der Waals surface area contributed by atoms with E-state index in [1.165, 1.54) is 4.90 Å². The van der Waals surface area contributed by atoms with Crippen molar-refractivity contribution in [3.8, 4) is 5.75 Å². The predicted molar refractivity (Wildman–Crippen MR) is 120 cm³/mol. The molecular weight excluding hydrogens is 404 g/mol. The summed E-state index contributed by atoms with van der Waals surface area (Å²) in [6.45, 7) is 2.55. The molecule has 0 aliphatic carbocycles.